The van der Waals surface area contributed by atoms with E-state index >= 15 is 0 Å². The summed E-state index contributed by atoms with van der Waals surface area (Å²) < 4.78 is 0.627. The van der Waals surface area contributed by atoms with Gasteiger partial charge in [0.1, 0.15) is 12.0 Å². The summed E-state index contributed by atoms with van der Waals surface area (Å²) >= 11 is 5.07. The van der Waals surface area contributed by atoms with E-state index in [9.17, 15) is 10.1 Å². The maximum absolute atomic E-state index is 10.7. The Morgan fingerprint density at radius 2 is 2.32 bits per heavy atom. The molecule has 0 unspecified atom stereocenters. The Morgan fingerprint density at radius 1 is 1.58 bits per heavy atom. The van der Waals surface area contributed by atoms with Gasteiger partial charge in [0, 0.05) is 24.5 Å². The number of nitrogens with one attached hydrogen (secondary N) is 1. The van der Waals surface area contributed by atoms with Crippen molar-refractivity contribution in [3.8, 4) is 0 Å². The van der Waals surface area contributed by atoms with Crippen molar-refractivity contribution in [2.45, 2.75) is 13.3 Å². The minimum atomic E-state index is -0.443. The number of nitrogens with zero attached hydrogens (tertiary/aromatic N) is 2. The quantitative estimate of drug-likeness (QED) is 0.426. The fourth-order valence-corrected chi connectivity index (χ4v) is 2.62. The zero-order valence-electron chi connectivity index (χ0n) is 10.6. The fraction of sp³-hybridized carbons (Fsp3) is 0.545. The molecule has 1 aromatic heterocycles. The van der Waals surface area contributed by atoms with Gasteiger partial charge >= 0.3 is 0 Å². The molecule has 0 radical (unpaired) electrons. The summed E-state index contributed by atoms with van der Waals surface area (Å²) in [5, 5.41) is 22.5. The van der Waals surface area contributed by atoms with E-state index in [1.165, 1.54) is 6.20 Å². The van der Waals surface area contributed by atoms with E-state index in [0.29, 0.717) is 15.9 Å². The molecule has 0 amide bonds. The van der Waals surface area contributed by atoms with E-state index in [2.05, 4.69) is 26.2 Å². The average molecular weight is 350 g/mol. The molecule has 0 aliphatic heterocycles. The van der Waals surface area contributed by atoms with Gasteiger partial charge in [-0.2, -0.15) is 11.8 Å². The number of thioether (sulfide) groups is 1. The second-order valence-electron chi connectivity index (χ2n) is 3.80. The van der Waals surface area contributed by atoms with Crippen molar-refractivity contribution in [3.63, 3.8) is 0 Å². The summed E-state index contributed by atoms with van der Waals surface area (Å²) in [4.78, 5) is 14.3. The summed E-state index contributed by atoms with van der Waals surface area (Å²) in [7, 11) is 0. The first-order valence-corrected chi connectivity index (χ1v) is 7.74. The standard InChI is InChI=1S/C11H16BrN3O3S/c1-8-9(15(17)18)7-14-11(10(8)12)13-3-6-19-5-2-4-16/h7,16H,2-6H2,1H3,(H,13,14). The number of anilines is 1. The van der Waals surface area contributed by atoms with Crippen molar-refractivity contribution in [3.05, 3.63) is 26.3 Å². The van der Waals surface area contributed by atoms with Crippen molar-refractivity contribution in [2.24, 2.45) is 0 Å². The normalized spacial score (nSPS) is 10.5. The van der Waals surface area contributed by atoms with Crippen LogP contribution in [0.5, 0.6) is 0 Å². The maximum atomic E-state index is 10.7. The third-order valence-corrected chi connectivity index (χ3v) is 4.46. The lowest BCUT2D eigenvalue weighted by Crippen LogP contribution is -2.08. The highest BCUT2D eigenvalue weighted by atomic mass is 79.9. The van der Waals surface area contributed by atoms with Crippen LogP contribution in [0.15, 0.2) is 10.7 Å². The smallest absolute Gasteiger partial charge is 0.291 e. The first-order chi connectivity index (χ1) is 9.07. The Balaban J connectivity index is 2.51. The summed E-state index contributed by atoms with van der Waals surface area (Å²) in [5.74, 6) is 2.43. The van der Waals surface area contributed by atoms with E-state index < -0.39 is 4.92 Å². The molecule has 0 bridgehead atoms. The summed E-state index contributed by atoms with van der Waals surface area (Å²) in [6.45, 7) is 2.62. The van der Waals surface area contributed by atoms with Gasteiger partial charge in [-0.25, -0.2) is 4.98 Å². The molecule has 0 spiro atoms. The molecule has 1 rings (SSSR count). The Hall–Kier alpha value is -0.860. The van der Waals surface area contributed by atoms with E-state index in [1.807, 2.05) is 0 Å². The van der Waals surface area contributed by atoms with Crippen molar-refractivity contribution in [1.82, 2.24) is 4.98 Å². The summed E-state index contributed by atoms with van der Waals surface area (Å²) in [6, 6.07) is 0. The van der Waals surface area contributed by atoms with Crippen LogP contribution in [0.3, 0.4) is 0 Å². The number of aliphatic hydroxyl groups is 1. The van der Waals surface area contributed by atoms with Crippen LogP contribution >= 0.6 is 27.7 Å². The fourth-order valence-electron chi connectivity index (χ4n) is 1.39. The molecule has 1 heterocycles. The highest BCUT2D eigenvalue weighted by molar-refractivity contribution is 9.10. The van der Waals surface area contributed by atoms with Crippen molar-refractivity contribution < 1.29 is 10.0 Å². The largest absolute Gasteiger partial charge is 0.396 e. The van der Waals surface area contributed by atoms with Crippen LogP contribution in [0.4, 0.5) is 11.5 Å². The molecule has 0 saturated heterocycles. The van der Waals surface area contributed by atoms with Gasteiger partial charge in [0.15, 0.2) is 0 Å². The summed E-state index contributed by atoms with van der Waals surface area (Å²) in [6.07, 6.45) is 2.06. The third kappa shape index (κ3) is 4.96. The Kier molecular flexibility index (Phi) is 7.11. The Labute approximate surface area is 124 Å². The van der Waals surface area contributed by atoms with Gasteiger partial charge in [0.05, 0.1) is 9.40 Å². The Morgan fingerprint density at radius 3 is 2.95 bits per heavy atom. The van der Waals surface area contributed by atoms with E-state index in [-0.39, 0.29) is 12.3 Å². The second-order valence-corrected chi connectivity index (χ2v) is 5.82. The van der Waals surface area contributed by atoms with Crippen molar-refractivity contribution >= 4 is 39.2 Å². The number of halogens is 1. The predicted molar refractivity (Wildman–Crippen MR) is 80.8 cm³/mol. The van der Waals surface area contributed by atoms with Crippen LogP contribution in [0.25, 0.3) is 0 Å². The van der Waals surface area contributed by atoms with Crippen LogP contribution in [0.1, 0.15) is 12.0 Å². The monoisotopic (exact) mass is 349 g/mol. The number of pyridine rings is 1. The number of aromatic nitrogens is 1. The molecule has 0 saturated carbocycles. The lowest BCUT2D eigenvalue weighted by atomic mass is 10.2. The van der Waals surface area contributed by atoms with Gasteiger partial charge in [-0.1, -0.05) is 0 Å². The van der Waals surface area contributed by atoms with Gasteiger partial charge in [-0.15, -0.1) is 0 Å². The minimum Gasteiger partial charge on any atom is -0.396 e. The average Bonchev–Trinajstić information content (AvgIpc) is 2.38. The van der Waals surface area contributed by atoms with Crippen molar-refractivity contribution in [1.29, 1.82) is 0 Å². The number of hydrogen-bond acceptors (Lipinski definition) is 6. The topological polar surface area (TPSA) is 88.3 Å². The van der Waals surface area contributed by atoms with Crippen LogP contribution in [0.2, 0.25) is 0 Å². The molecule has 0 atom stereocenters. The van der Waals surface area contributed by atoms with Gasteiger partial charge < -0.3 is 10.4 Å². The molecule has 19 heavy (non-hydrogen) atoms. The number of nitro groups is 1. The molecule has 2 N–H and O–H groups in total. The van der Waals surface area contributed by atoms with Gasteiger partial charge in [-0.3, -0.25) is 10.1 Å². The van der Waals surface area contributed by atoms with E-state index in [1.54, 1.807) is 18.7 Å². The highest BCUT2D eigenvalue weighted by Gasteiger charge is 2.16. The molecular weight excluding hydrogens is 334 g/mol. The molecular formula is C11H16BrN3O3S. The van der Waals surface area contributed by atoms with Crippen molar-refractivity contribution in [2.75, 3.05) is 30.0 Å². The van der Waals surface area contributed by atoms with Gasteiger partial charge in [0.2, 0.25) is 0 Å². The third-order valence-electron chi connectivity index (χ3n) is 2.42. The predicted octanol–water partition coefficient (Wildman–Crippen LogP) is 2.59. The number of aliphatic hydroxyl groups excluding tert-OH is 1. The van der Waals surface area contributed by atoms with Crippen LogP contribution in [0, 0.1) is 17.0 Å². The molecule has 106 valence electrons. The number of hydrogen-bond donors (Lipinski definition) is 2. The Bertz CT molecular complexity index is 445. The van der Waals surface area contributed by atoms with Crippen LogP contribution < -0.4 is 5.32 Å². The van der Waals surface area contributed by atoms with Gasteiger partial charge in [0.25, 0.3) is 5.69 Å². The SMILES string of the molecule is Cc1c([N+](=O)[O-])cnc(NCCSCCCO)c1Br. The zero-order chi connectivity index (χ0) is 14.3. The second kappa shape index (κ2) is 8.34. The van der Waals surface area contributed by atoms with Gasteiger partial charge in [-0.05, 0) is 35.0 Å². The highest BCUT2D eigenvalue weighted by Crippen LogP contribution is 2.30. The molecule has 1 aromatic rings. The molecule has 0 aliphatic carbocycles. The molecule has 6 nitrogen and oxygen atoms in total. The first-order valence-electron chi connectivity index (χ1n) is 5.80. The lowest BCUT2D eigenvalue weighted by molar-refractivity contribution is -0.385. The molecule has 0 fully saturated rings. The first kappa shape index (κ1) is 16.2. The molecule has 0 aromatic carbocycles. The number of rotatable bonds is 8. The van der Waals surface area contributed by atoms with E-state index in [4.69, 9.17) is 5.11 Å². The zero-order valence-corrected chi connectivity index (χ0v) is 13.0. The summed E-state index contributed by atoms with van der Waals surface area (Å²) in [5.41, 5.74) is 0.574. The minimum absolute atomic E-state index is 0.00902. The maximum Gasteiger partial charge on any atom is 0.291 e. The van der Waals surface area contributed by atoms with Crippen LogP contribution in [-0.2, 0) is 0 Å². The lowest BCUT2D eigenvalue weighted by Gasteiger charge is -2.09. The van der Waals surface area contributed by atoms with Crippen LogP contribution in [-0.4, -0.2) is 39.7 Å². The van der Waals surface area contributed by atoms with E-state index in [0.717, 1.165) is 24.5 Å². The molecule has 8 heteroatoms. The molecule has 0 aliphatic rings.